The van der Waals surface area contributed by atoms with Crippen LogP contribution in [-0.4, -0.2) is 41.4 Å². The molecule has 2 N–H and O–H groups in total. The highest BCUT2D eigenvalue weighted by Crippen LogP contribution is 2.27. The lowest BCUT2D eigenvalue weighted by Crippen LogP contribution is -2.49. The van der Waals surface area contributed by atoms with Crippen LogP contribution in [0.15, 0.2) is 42.5 Å². The number of hydrogen-bond acceptors (Lipinski definition) is 6. The number of nitrogens with one attached hydrogen (secondary N) is 2. The van der Waals surface area contributed by atoms with Gasteiger partial charge in [-0.3, -0.25) is 0 Å². The van der Waals surface area contributed by atoms with Gasteiger partial charge in [-0.2, -0.15) is 0 Å². The third kappa shape index (κ3) is 10.7. The number of ether oxygens (including phenoxy) is 3. The Kier molecular flexibility index (Phi) is 9.53. The fraction of sp³-hybridized carbons (Fsp3) is 0.577. The molecule has 0 spiro atoms. The van der Waals surface area contributed by atoms with E-state index in [2.05, 4.69) is 10.6 Å². The molecule has 1 aromatic rings. The molecule has 188 valence electrons. The minimum absolute atomic E-state index is 0.151. The minimum Gasteiger partial charge on any atom is -0.457 e. The van der Waals surface area contributed by atoms with Crippen LogP contribution in [-0.2, 0) is 25.6 Å². The van der Waals surface area contributed by atoms with Crippen LogP contribution in [0.3, 0.4) is 0 Å². The number of hydrogen-bond donors (Lipinski definition) is 2. The van der Waals surface area contributed by atoms with Crippen LogP contribution in [0.2, 0.25) is 0 Å². The van der Waals surface area contributed by atoms with Crippen LogP contribution in [0.25, 0.3) is 0 Å². The zero-order valence-corrected chi connectivity index (χ0v) is 21.1. The predicted molar refractivity (Wildman–Crippen MR) is 129 cm³/mol. The van der Waals surface area contributed by atoms with Crippen molar-refractivity contribution in [3.05, 3.63) is 48.0 Å². The number of carbonyl (C=O) groups excluding carboxylic acids is 3. The van der Waals surface area contributed by atoms with Gasteiger partial charge in [0.15, 0.2) is 0 Å². The number of esters is 1. The summed E-state index contributed by atoms with van der Waals surface area (Å²) in [5.41, 5.74) is -0.306. The maximum atomic E-state index is 12.4. The van der Waals surface area contributed by atoms with Gasteiger partial charge < -0.3 is 24.8 Å². The standard InChI is InChI=1S/C26H38N2O6/c1-25(2,3)33-22(29)15-12-19-16-20(27-24(31)34-26(4,5)6)13-14-21(19)28-23(30)32-17-18-10-8-7-9-11-18/h7-12,15,19-21H,13-14,16-17H2,1-6H3,(H,27,31)(H,28,30)/b15-12+/t19-,20-,21+/m1/s1. The molecule has 0 saturated heterocycles. The van der Waals surface area contributed by atoms with Crippen molar-refractivity contribution in [3.63, 3.8) is 0 Å². The molecule has 2 rings (SSSR count). The second kappa shape index (κ2) is 11.9. The molecule has 8 nitrogen and oxygen atoms in total. The molecule has 1 saturated carbocycles. The Morgan fingerprint density at radius 1 is 0.912 bits per heavy atom. The molecule has 0 bridgehead atoms. The van der Waals surface area contributed by atoms with E-state index in [-0.39, 0.29) is 24.6 Å². The highest BCUT2D eigenvalue weighted by Gasteiger charge is 2.32. The van der Waals surface area contributed by atoms with Crippen molar-refractivity contribution >= 4 is 18.2 Å². The van der Waals surface area contributed by atoms with Gasteiger partial charge in [0.05, 0.1) is 0 Å². The summed E-state index contributed by atoms with van der Waals surface area (Å²) in [6.45, 7) is 11.0. The molecule has 1 fully saturated rings. The van der Waals surface area contributed by atoms with Crippen molar-refractivity contribution in [1.29, 1.82) is 0 Å². The average molecular weight is 475 g/mol. The van der Waals surface area contributed by atoms with Crippen molar-refractivity contribution in [2.75, 3.05) is 0 Å². The van der Waals surface area contributed by atoms with Crippen LogP contribution >= 0.6 is 0 Å². The summed E-state index contributed by atoms with van der Waals surface area (Å²) in [5.74, 6) is -0.661. The average Bonchev–Trinajstić information content (AvgIpc) is 2.70. The normalized spacial score (nSPS) is 20.9. The molecule has 34 heavy (non-hydrogen) atoms. The number of amides is 2. The molecule has 0 radical (unpaired) electrons. The first-order chi connectivity index (χ1) is 15.8. The van der Waals surface area contributed by atoms with Crippen molar-refractivity contribution < 1.29 is 28.6 Å². The molecule has 8 heteroatoms. The van der Waals surface area contributed by atoms with Crippen LogP contribution in [0.1, 0.15) is 66.4 Å². The summed E-state index contributed by atoms with van der Waals surface area (Å²) >= 11 is 0. The molecular formula is C26H38N2O6. The largest absolute Gasteiger partial charge is 0.457 e. The second-order valence-corrected chi connectivity index (χ2v) is 10.5. The minimum atomic E-state index is -0.603. The van der Waals surface area contributed by atoms with E-state index in [1.54, 1.807) is 47.6 Å². The molecular weight excluding hydrogens is 436 g/mol. The fourth-order valence-corrected chi connectivity index (χ4v) is 3.66. The molecule has 2 amide bonds. The third-order valence-corrected chi connectivity index (χ3v) is 5.02. The summed E-state index contributed by atoms with van der Waals surface area (Å²) in [6.07, 6.45) is 3.89. The van der Waals surface area contributed by atoms with E-state index in [4.69, 9.17) is 14.2 Å². The molecule has 1 aliphatic rings. The molecule has 0 aliphatic heterocycles. The van der Waals surface area contributed by atoms with E-state index >= 15 is 0 Å². The first kappa shape index (κ1) is 27.2. The van der Waals surface area contributed by atoms with Gasteiger partial charge in [-0.05, 0) is 72.3 Å². The van der Waals surface area contributed by atoms with E-state index in [0.29, 0.717) is 19.3 Å². The lowest BCUT2D eigenvalue weighted by molar-refractivity contribution is -0.148. The highest BCUT2D eigenvalue weighted by molar-refractivity contribution is 5.82. The Labute approximate surface area is 202 Å². The van der Waals surface area contributed by atoms with Crippen molar-refractivity contribution in [2.45, 2.75) is 90.7 Å². The van der Waals surface area contributed by atoms with E-state index < -0.39 is 29.4 Å². The Morgan fingerprint density at radius 2 is 1.56 bits per heavy atom. The maximum absolute atomic E-state index is 12.4. The number of rotatable bonds is 6. The molecule has 0 aromatic heterocycles. The van der Waals surface area contributed by atoms with Gasteiger partial charge in [0.1, 0.15) is 17.8 Å². The van der Waals surface area contributed by atoms with E-state index in [1.165, 1.54) is 6.08 Å². The van der Waals surface area contributed by atoms with Gasteiger partial charge in [-0.15, -0.1) is 0 Å². The maximum Gasteiger partial charge on any atom is 0.407 e. The first-order valence-electron chi connectivity index (χ1n) is 11.7. The summed E-state index contributed by atoms with van der Waals surface area (Å²) < 4.78 is 16.1. The van der Waals surface area contributed by atoms with E-state index in [0.717, 1.165) is 5.56 Å². The fourth-order valence-electron chi connectivity index (χ4n) is 3.66. The highest BCUT2D eigenvalue weighted by atomic mass is 16.6. The summed E-state index contributed by atoms with van der Waals surface area (Å²) in [5, 5.41) is 5.81. The third-order valence-electron chi connectivity index (χ3n) is 5.02. The smallest absolute Gasteiger partial charge is 0.407 e. The van der Waals surface area contributed by atoms with Crippen LogP contribution < -0.4 is 10.6 Å². The molecule has 0 unspecified atom stereocenters. The van der Waals surface area contributed by atoms with Gasteiger partial charge in [-0.25, -0.2) is 14.4 Å². The zero-order chi connectivity index (χ0) is 25.4. The molecule has 1 aromatic carbocycles. The van der Waals surface area contributed by atoms with Crippen molar-refractivity contribution in [2.24, 2.45) is 5.92 Å². The van der Waals surface area contributed by atoms with Crippen molar-refractivity contribution in [1.82, 2.24) is 10.6 Å². The van der Waals surface area contributed by atoms with Gasteiger partial charge >= 0.3 is 18.2 Å². The summed E-state index contributed by atoms with van der Waals surface area (Å²) in [6, 6.07) is 9.02. The molecule has 1 aliphatic carbocycles. The zero-order valence-electron chi connectivity index (χ0n) is 21.1. The monoisotopic (exact) mass is 474 g/mol. The van der Waals surface area contributed by atoms with Gasteiger partial charge in [-0.1, -0.05) is 36.4 Å². The quantitative estimate of drug-likeness (QED) is 0.346. The Balaban J connectivity index is 2.01. The van der Waals surface area contributed by atoms with Crippen molar-refractivity contribution in [3.8, 4) is 0 Å². The summed E-state index contributed by atoms with van der Waals surface area (Å²) in [4.78, 5) is 36.8. The first-order valence-corrected chi connectivity index (χ1v) is 11.7. The Morgan fingerprint density at radius 3 is 2.18 bits per heavy atom. The molecule has 0 heterocycles. The van der Waals surface area contributed by atoms with Crippen LogP contribution in [0.4, 0.5) is 9.59 Å². The van der Waals surface area contributed by atoms with Gasteiger partial charge in [0.2, 0.25) is 0 Å². The lowest BCUT2D eigenvalue weighted by Gasteiger charge is -2.35. The SMILES string of the molecule is CC(C)(C)OC(=O)/C=C/[C@@H]1C[C@H](NC(=O)OC(C)(C)C)CC[C@@H]1NC(=O)OCc1ccccc1. The van der Waals surface area contributed by atoms with Gasteiger partial charge in [0.25, 0.3) is 0 Å². The Bertz CT molecular complexity index is 854. The number of alkyl carbamates (subject to hydrolysis) is 2. The van der Waals surface area contributed by atoms with Crippen LogP contribution in [0, 0.1) is 5.92 Å². The molecule has 3 atom stereocenters. The topological polar surface area (TPSA) is 103 Å². The predicted octanol–water partition coefficient (Wildman–Crippen LogP) is 4.87. The number of carbonyl (C=O) groups is 3. The Hall–Kier alpha value is -3.03. The lowest BCUT2D eigenvalue weighted by atomic mass is 9.81. The summed E-state index contributed by atoms with van der Waals surface area (Å²) in [7, 11) is 0. The number of benzene rings is 1. The van der Waals surface area contributed by atoms with Gasteiger partial charge in [0, 0.05) is 18.2 Å². The van der Waals surface area contributed by atoms with E-state index in [1.807, 2.05) is 30.3 Å². The van der Waals surface area contributed by atoms with Crippen LogP contribution in [0.5, 0.6) is 0 Å². The van der Waals surface area contributed by atoms with E-state index in [9.17, 15) is 14.4 Å². The second-order valence-electron chi connectivity index (χ2n) is 10.5.